The number of halogens is 2. The van der Waals surface area contributed by atoms with Crippen molar-refractivity contribution in [2.24, 2.45) is 0 Å². The van der Waals surface area contributed by atoms with Gasteiger partial charge in [0, 0.05) is 5.69 Å². The summed E-state index contributed by atoms with van der Waals surface area (Å²) in [5.74, 6) is -0.670. The maximum Gasteiger partial charge on any atom is 0.258 e. The molecule has 2 aromatic rings. The highest BCUT2D eigenvalue weighted by molar-refractivity contribution is 6.33. The van der Waals surface area contributed by atoms with Gasteiger partial charge in [0.05, 0.1) is 11.8 Å². The second-order valence-electron chi connectivity index (χ2n) is 5.17. The molecule has 0 aliphatic heterocycles. The van der Waals surface area contributed by atoms with E-state index in [1.165, 1.54) is 5.56 Å². The number of nitrogens with one attached hydrogen (secondary N) is 1. The van der Waals surface area contributed by atoms with Crippen LogP contribution in [0.25, 0.3) is 0 Å². The third-order valence-electron chi connectivity index (χ3n) is 3.20. The molecular weight excluding hydrogens is 291 g/mol. The van der Waals surface area contributed by atoms with Crippen molar-refractivity contribution in [2.75, 3.05) is 5.32 Å². The standard InChI is InChI=1S/C16H16ClFN2O/c1-9(2)13-5-4-12(6-10(13)3)20-16(21)14-7-11(18)8-19-15(14)17/h4-9H,1-3H3,(H,20,21). The maximum atomic E-state index is 13.2. The molecular formula is C16H16ClFN2O. The van der Waals surface area contributed by atoms with Crippen LogP contribution >= 0.6 is 11.6 Å². The number of aromatic nitrogens is 1. The van der Waals surface area contributed by atoms with Gasteiger partial charge < -0.3 is 5.32 Å². The molecule has 1 amide bonds. The molecule has 110 valence electrons. The van der Waals surface area contributed by atoms with Gasteiger partial charge in [-0.25, -0.2) is 9.37 Å². The van der Waals surface area contributed by atoms with Crippen molar-refractivity contribution in [1.29, 1.82) is 0 Å². The van der Waals surface area contributed by atoms with E-state index in [0.717, 1.165) is 17.8 Å². The molecule has 1 aromatic heterocycles. The van der Waals surface area contributed by atoms with Gasteiger partial charge in [-0.3, -0.25) is 4.79 Å². The molecule has 1 N–H and O–H groups in total. The smallest absolute Gasteiger partial charge is 0.258 e. The third kappa shape index (κ3) is 3.58. The molecule has 0 radical (unpaired) electrons. The number of hydrogen-bond donors (Lipinski definition) is 1. The zero-order valence-corrected chi connectivity index (χ0v) is 12.8. The van der Waals surface area contributed by atoms with E-state index in [9.17, 15) is 9.18 Å². The van der Waals surface area contributed by atoms with Crippen molar-refractivity contribution in [3.05, 3.63) is 58.1 Å². The lowest BCUT2D eigenvalue weighted by Crippen LogP contribution is -2.13. The Balaban J connectivity index is 2.24. The van der Waals surface area contributed by atoms with Crippen molar-refractivity contribution in [2.45, 2.75) is 26.7 Å². The van der Waals surface area contributed by atoms with Crippen LogP contribution in [0.15, 0.2) is 30.5 Å². The summed E-state index contributed by atoms with van der Waals surface area (Å²) in [5, 5.41) is 2.68. The quantitative estimate of drug-likeness (QED) is 0.845. The first-order valence-corrected chi connectivity index (χ1v) is 6.99. The highest BCUT2D eigenvalue weighted by Crippen LogP contribution is 2.23. The topological polar surface area (TPSA) is 42.0 Å². The van der Waals surface area contributed by atoms with E-state index in [2.05, 4.69) is 24.1 Å². The van der Waals surface area contributed by atoms with Gasteiger partial charge in [-0.1, -0.05) is 31.5 Å². The van der Waals surface area contributed by atoms with Crippen LogP contribution < -0.4 is 5.32 Å². The fourth-order valence-corrected chi connectivity index (χ4v) is 2.37. The van der Waals surface area contributed by atoms with Gasteiger partial charge in [0.1, 0.15) is 11.0 Å². The Bertz CT molecular complexity index is 686. The molecule has 0 saturated heterocycles. The van der Waals surface area contributed by atoms with E-state index in [1.807, 2.05) is 25.1 Å². The van der Waals surface area contributed by atoms with Crippen LogP contribution in [0, 0.1) is 12.7 Å². The summed E-state index contributed by atoms with van der Waals surface area (Å²) >= 11 is 5.82. The number of carbonyl (C=O) groups is 1. The highest BCUT2D eigenvalue weighted by atomic mass is 35.5. The van der Waals surface area contributed by atoms with Gasteiger partial charge in [0.2, 0.25) is 0 Å². The number of amides is 1. The van der Waals surface area contributed by atoms with Gasteiger partial charge in [0.25, 0.3) is 5.91 Å². The molecule has 1 heterocycles. The number of aryl methyl sites for hydroxylation is 1. The fraction of sp³-hybridized carbons (Fsp3) is 0.250. The predicted octanol–water partition coefficient (Wildman–Crippen LogP) is 4.56. The summed E-state index contributed by atoms with van der Waals surface area (Å²) < 4.78 is 13.2. The lowest BCUT2D eigenvalue weighted by molar-refractivity contribution is 0.102. The van der Waals surface area contributed by atoms with Crippen LogP contribution in [0.4, 0.5) is 10.1 Å². The average molecular weight is 307 g/mol. The fourth-order valence-electron chi connectivity index (χ4n) is 2.18. The van der Waals surface area contributed by atoms with Gasteiger partial charge in [0.15, 0.2) is 0 Å². The normalized spacial score (nSPS) is 10.8. The number of rotatable bonds is 3. The first-order chi connectivity index (χ1) is 9.88. The Morgan fingerprint density at radius 1 is 1.33 bits per heavy atom. The van der Waals surface area contributed by atoms with Crippen LogP contribution in [0.5, 0.6) is 0 Å². The van der Waals surface area contributed by atoms with Gasteiger partial charge in [-0.05, 0) is 42.2 Å². The summed E-state index contributed by atoms with van der Waals surface area (Å²) in [5.41, 5.74) is 2.97. The zero-order chi connectivity index (χ0) is 15.6. The Labute approximate surface area is 128 Å². The lowest BCUT2D eigenvalue weighted by Gasteiger charge is -2.12. The van der Waals surface area contributed by atoms with E-state index < -0.39 is 11.7 Å². The van der Waals surface area contributed by atoms with E-state index in [0.29, 0.717) is 11.6 Å². The van der Waals surface area contributed by atoms with Crippen LogP contribution in [-0.2, 0) is 0 Å². The number of anilines is 1. The number of pyridine rings is 1. The van der Waals surface area contributed by atoms with Crippen LogP contribution in [0.2, 0.25) is 5.15 Å². The van der Waals surface area contributed by atoms with Crippen molar-refractivity contribution in [3.63, 3.8) is 0 Å². The molecule has 0 fully saturated rings. The Hall–Kier alpha value is -1.94. The number of benzene rings is 1. The minimum Gasteiger partial charge on any atom is -0.322 e. The van der Waals surface area contributed by atoms with Gasteiger partial charge in [-0.2, -0.15) is 0 Å². The Morgan fingerprint density at radius 3 is 2.67 bits per heavy atom. The lowest BCUT2D eigenvalue weighted by atomic mass is 9.97. The van der Waals surface area contributed by atoms with E-state index in [1.54, 1.807) is 0 Å². The molecule has 0 unspecified atom stereocenters. The van der Waals surface area contributed by atoms with E-state index >= 15 is 0 Å². The molecule has 3 nitrogen and oxygen atoms in total. The molecule has 0 saturated carbocycles. The van der Waals surface area contributed by atoms with Crippen molar-refractivity contribution in [3.8, 4) is 0 Å². The van der Waals surface area contributed by atoms with Crippen molar-refractivity contribution >= 4 is 23.2 Å². The SMILES string of the molecule is Cc1cc(NC(=O)c2cc(F)cnc2Cl)ccc1C(C)C. The summed E-state index contributed by atoms with van der Waals surface area (Å²) in [6.07, 6.45) is 0.973. The van der Waals surface area contributed by atoms with E-state index in [-0.39, 0.29) is 10.7 Å². The van der Waals surface area contributed by atoms with E-state index in [4.69, 9.17) is 11.6 Å². The maximum absolute atomic E-state index is 13.2. The second kappa shape index (κ2) is 6.22. The molecule has 0 atom stereocenters. The number of nitrogens with zero attached hydrogens (tertiary/aromatic N) is 1. The highest BCUT2D eigenvalue weighted by Gasteiger charge is 2.13. The van der Waals surface area contributed by atoms with Crippen molar-refractivity contribution < 1.29 is 9.18 Å². The van der Waals surface area contributed by atoms with Crippen LogP contribution in [0.1, 0.15) is 41.3 Å². The summed E-state index contributed by atoms with van der Waals surface area (Å²) in [6, 6.07) is 6.75. The summed E-state index contributed by atoms with van der Waals surface area (Å²) in [4.78, 5) is 15.7. The van der Waals surface area contributed by atoms with Gasteiger partial charge in [-0.15, -0.1) is 0 Å². The molecule has 0 bridgehead atoms. The molecule has 2 rings (SSSR count). The Kier molecular flexibility index (Phi) is 4.58. The third-order valence-corrected chi connectivity index (χ3v) is 3.50. The zero-order valence-electron chi connectivity index (χ0n) is 12.1. The number of carbonyl (C=O) groups excluding carboxylic acids is 1. The monoisotopic (exact) mass is 306 g/mol. The minimum atomic E-state index is -0.601. The average Bonchev–Trinajstić information content (AvgIpc) is 2.41. The first-order valence-electron chi connectivity index (χ1n) is 6.61. The Morgan fingerprint density at radius 2 is 2.05 bits per heavy atom. The summed E-state index contributed by atoms with van der Waals surface area (Å²) in [7, 11) is 0. The predicted molar refractivity (Wildman–Crippen MR) is 82.4 cm³/mol. The summed E-state index contributed by atoms with van der Waals surface area (Å²) in [6.45, 7) is 6.21. The molecule has 0 aliphatic rings. The van der Waals surface area contributed by atoms with Crippen molar-refractivity contribution in [1.82, 2.24) is 4.98 Å². The molecule has 0 aliphatic carbocycles. The minimum absolute atomic E-state index is 0.0160. The number of hydrogen-bond acceptors (Lipinski definition) is 2. The molecule has 1 aromatic carbocycles. The van der Waals surface area contributed by atoms with Crippen LogP contribution in [-0.4, -0.2) is 10.9 Å². The van der Waals surface area contributed by atoms with Crippen LogP contribution in [0.3, 0.4) is 0 Å². The molecule has 0 spiro atoms. The second-order valence-corrected chi connectivity index (χ2v) is 5.53. The largest absolute Gasteiger partial charge is 0.322 e. The first kappa shape index (κ1) is 15.4. The van der Waals surface area contributed by atoms with Gasteiger partial charge >= 0.3 is 0 Å². The molecule has 5 heteroatoms. The molecule has 21 heavy (non-hydrogen) atoms.